The van der Waals surface area contributed by atoms with E-state index in [1.165, 1.54) is 0 Å². The zero-order chi connectivity index (χ0) is 4.50. The third-order valence-corrected chi connectivity index (χ3v) is 0. The highest BCUT2D eigenvalue weighted by Gasteiger charge is 2.15. The fourth-order valence-corrected chi connectivity index (χ4v) is 0. The number of hydrogen-bond donors (Lipinski definition) is 0. The first-order valence-electron chi connectivity index (χ1n) is 1.07. The molecule has 0 aliphatic heterocycles. The Hall–Kier alpha value is 0.322. The number of halogens is 3. The van der Waals surface area contributed by atoms with Crippen molar-refractivity contribution in [2.75, 3.05) is 0 Å². The van der Waals surface area contributed by atoms with Gasteiger partial charge in [-0.15, -0.1) is 0 Å². The summed E-state index contributed by atoms with van der Waals surface area (Å²) in [6.45, 7) is 0. The maximum atomic E-state index is 10.4. The fraction of sp³-hybridized carbons (Fsp3) is 1.00. The molecule has 0 spiro atoms. The molecule has 5 heavy (non-hydrogen) atoms. The molecule has 0 radical (unpaired) electrons. The number of hydrogen-bond acceptors (Lipinski definition) is 0. The molecule has 0 saturated carbocycles. The highest BCUT2D eigenvalue weighted by atomic mass is 27.1. The Morgan fingerprint density at radius 1 is 1.20 bits per heavy atom. The lowest BCUT2D eigenvalue weighted by Crippen LogP contribution is -2.03. The summed E-state index contributed by atoms with van der Waals surface area (Å²) in [5, 5.41) is -3.86. The van der Waals surface area contributed by atoms with Gasteiger partial charge in [0.15, 0.2) is 0 Å². The van der Waals surface area contributed by atoms with Gasteiger partial charge in [-0.2, -0.15) is 13.2 Å². The van der Waals surface area contributed by atoms with E-state index in [9.17, 15) is 13.2 Å². The highest BCUT2D eigenvalue weighted by molar-refractivity contribution is 6.11. The van der Waals surface area contributed by atoms with Crippen LogP contribution in [0.25, 0.3) is 0 Å². The van der Waals surface area contributed by atoms with Crippen LogP contribution in [0.4, 0.5) is 13.2 Å². The maximum Gasteiger partial charge on any atom is 0.381 e. The van der Waals surface area contributed by atoms with Crippen LogP contribution in [0.15, 0.2) is 0 Å². The lowest BCUT2D eigenvalue weighted by molar-refractivity contribution is -0.0429. The molecule has 0 aliphatic carbocycles. The zero-order valence-electron chi connectivity index (χ0n) is 2.63. The first kappa shape index (κ1) is 5.32. The van der Waals surface area contributed by atoms with Crippen molar-refractivity contribution in [3.63, 3.8) is 0 Å². The minimum atomic E-state index is -3.86. The van der Waals surface area contributed by atoms with Gasteiger partial charge in [-0.05, 0) is 0 Å². The van der Waals surface area contributed by atoms with Crippen LogP contribution in [-0.4, -0.2) is 21.3 Å². The molecule has 0 atom stereocenters. The van der Waals surface area contributed by atoms with E-state index in [0.717, 1.165) is 0 Å². The van der Waals surface area contributed by atoms with Crippen LogP contribution in [-0.2, 0) is 0 Å². The molecule has 0 fully saturated rings. The summed E-state index contributed by atoms with van der Waals surface area (Å²) < 4.78 is 31.2. The maximum absolute atomic E-state index is 10.4. The predicted octanol–water partition coefficient (Wildman–Crippen LogP) is 0.139. The standard InChI is InChI=1S/CF3.Al.2H/c2-1(3)4;;;. The minimum Gasteiger partial charge on any atom is -0.192 e. The van der Waals surface area contributed by atoms with E-state index in [4.69, 9.17) is 0 Å². The molecule has 0 aromatic heterocycles. The molecule has 0 N–H and O–H groups in total. The van der Waals surface area contributed by atoms with Gasteiger partial charge in [0.2, 0.25) is 0 Å². The molecule has 0 aliphatic rings. The van der Waals surface area contributed by atoms with Crippen LogP contribution in [0.3, 0.4) is 0 Å². The van der Waals surface area contributed by atoms with Gasteiger partial charge in [0.05, 0.1) is 0 Å². The van der Waals surface area contributed by atoms with Crippen molar-refractivity contribution < 1.29 is 13.2 Å². The Morgan fingerprint density at radius 2 is 1.20 bits per heavy atom. The summed E-state index contributed by atoms with van der Waals surface area (Å²) in [7, 11) is 0. The van der Waals surface area contributed by atoms with Gasteiger partial charge in [0, 0.05) is 0 Å². The minimum absolute atomic E-state index is 0.692. The van der Waals surface area contributed by atoms with Gasteiger partial charge in [0.25, 0.3) is 5.04 Å². The average molecular weight is 98.0 g/mol. The van der Waals surface area contributed by atoms with E-state index in [2.05, 4.69) is 0 Å². The Labute approximate surface area is 35.4 Å². The first-order valence-corrected chi connectivity index (χ1v) is 2.07. The summed E-state index contributed by atoms with van der Waals surface area (Å²) in [5.41, 5.74) is 0. The van der Waals surface area contributed by atoms with E-state index < -0.39 is 21.3 Å². The summed E-state index contributed by atoms with van der Waals surface area (Å²) in [4.78, 5) is 0. The Kier molecular flexibility index (Phi) is 1.27. The lowest BCUT2D eigenvalue weighted by Gasteiger charge is -1.90. The molecule has 0 nitrogen and oxygen atoms in total. The molecule has 30 valence electrons. The van der Waals surface area contributed by atoms with Crippen molar-refractivity contribution >= 4 is 16.3 Å². The van der Waals surface area contributed by atoms with Gasteiger partial charge < -0.3 is 0 Å². The van der Waals surface area contributed by atoms with Gasteiger partial charge in [0.1, 0.15) is 0 Å². The quantitative estimate of drug-likeness (QED) is 0.378. The average Bonchev–Trinajstić information content (AvgIpc) is 0.722. The Morgan fingerprint density at radius 3 is 1.20 bits per heavy atom. The molecule has 0 heterocycles. The summed E-state index contributed by atoms with van der Waals surface area (Å²) in [6, 6.07) is 0. The van der Waals surface area contributed by atoms with Crippen LogP contribution in [0.2, 0.25) is 0 Å². The normalized spacial score (nSPS) is 11.8. The fourth-order valence-electron chi connectivity index (χ4n) is 0. The molecule has 4 heteroatoms. The molecular formula is CH2AlF3. The molecular weight excluding hydrogens is 96.0 g/mol. The van der Waals surface area contributed by atoms with Gasteiger partial charge in [-0.25, -0.2) is 0 Å². The smallest absolute Gasteiger partial charge is 0.192 e. The van der Waals surface area contributed by atoms with Crippen molar-refractivity contribution in [2.24, 2.45) is 0 Å². The van der Waals surface area contributed by atoms with Crippen LogP contribution < -0.4 is 0 Å². The van der Waals surface area contributed by atoms with E-state index >= 15 is 0 Å². The SMILES string of the molecule is F[C](F)(F)[AlH2]. The second-order valence-corrected chi connectivity index (χ2v) is 1.92. The molecule has 0 saturated heterocycles. The third kappa shape index (κ3) is 224. The second-order valence-electron chi connectivity index (χ2n) is 0.781. The van der Waals surface area contributed by atoms with Crippen molar-refractivity contribution in [1.29, 1.82) is 0 Å². The third-order valence-electron chi connectivity index (χ3n) is 0. The van der Waals surface area contributed by atoms with Crippen molar-refractivity contribution in [3.05, 3.63) is 0 Å². The molecule has 0 bridgehead atoms. The summed E-state index contributed by atoms with van der Waals surface area (Å²) >= 11 is -0.692. The number of rotatable bonds is 0. The predicted molar refractivity (Wildman–Crippen MR) is 14.6 cm³/mol. The van der Waals surface area contributed by atoms with Gasteiger partial charge in [-0.1, -0.05) is 0 Å². The van der Waals surface area contributed by atoms with Gasteiger partial charge in [-0.3, -0.25) is 0 Å². The van der Waals surface area contributed by atoms with Crippen molar-refractivity contribution in [2.45, 2.75) is 5.04 Å². The highest BCUT2D eigenvalue weighted by Crippen LogP contribution is 2.05. The molecule has 0 rings (SSSR count). The lowest BCUT2D eigenvalue weighted by atomic mass is 11.5. The van der Waals surface area contributed by atoms with Crippen molar-refractivity contribution in [3.8, 4) is 0 Å². The summed E-state index contributed by atoms with van der Waals surface area (Å²) in [6.07, 6.45) is 0. The second kappa shape index (κ2) is 1.19. The van der Waals surface area contributed by atoms with E-state index in [0.29, 0.717) is 0 Å². The first-order chi connectivity index (χ1) is 2.00. The van der Waals surface area contributed by atoms with E-state index in [1.54, 1.807) is 0 Å². The van der Waals surface area contributed by atoms with Gasteiger partial charge >= 0.3 is 16.3 Å². The Bertz CT molecular complexity index is 22.4. The van der Waals surface area contributed by atoms with E-state index in [1.807, 2.05) is 0 Å². The molecule has 0 aromatic rings. The molecule has 0 amide bonds. The monoisotopic (exact) mass is 98.0 g/mol. The number of alkyl halides is 3. The van der Waals surface area contributed by atoms with Crippen LogP contribution in [0, 0.1) is 0 Å². The topological polar surface area (TPSA) is 0 Å². The zero-order valence-corrected chi connectivity index (χ0v) is 4.63. The van der Waals surface area contributed by atoms with E-state index in [-0.39, 0.29) is 0 Å². The van der Waals surface area contributed by atoms with Crippen LogP contribution in [0.5, 0.6) is 0 Å². The molecule has 0 unspecified atom stereocenters. The van der Waals surface area contributed by atoms with Crippen LogP contribution >= 0.6 is 0 Å². The van der Waals surface area contributed by atoms with Crippen molar-refractivity contribution in [1.82, 2.24) is 0 Å². The Balaban J connectivity index is 3.02. The van der Waals surface area contributed by atoms with Crippen LogP contribution in [0.1, 0.15) is 0 Å². The summed E-state index contributed by atoms with van der Waals surface area (Å²) in [5.74, 6) is 0. The largest absolute Gasteiger partial charge is 0.381 e. The molecule has 0 aromatic carbocycles.